The number of para-hydroxylation sites is 1. The Morgan fingerprint density at radius 2 is 1.94 bits per heavy atom. The van der Waals surface area contributed by atoms with Crippen molar-refractivity contribution in [1.29, 1.82) is 0 Å². The number of aromatic nitrogens is 2. The van der Waals surface area contributed by atoms with Gasteiger partial charge in [-0.05, 0) is 0 Å². The summed E-state index contributed by atoms with van der Waals surface area (Å²) in [5, 5.41) is 0. The molecule has 2 nitrogen and oxygen atoms in total. The molecule has 0 saturated heterocycles. The molecule has 0 atom stereocenters. The summed E-state index contributed by atoms with van der Waals surface area (Å²) in [7, 11) is 2.08. The Morgan fingerprint density at radius 1 is 1.17 bits per heavy atom. The predicted molar refractivity (Wildman–Crippen MR) is 72.9 cm³/mol. The van der Waals surface area contributed by atoms with E-state index >= 15 is 0 Å². The maximum absolute atomic E-state index is 3.32. The number of nitrogens with zero attached hydrogens (tertiary/aromatic N) is 2. The second kappa shape index (κ2) is 4.60. The second-order valence-electron chi connectivity index (χ2n) is 4.30. The fourth-order valence-corrected chi connectivity index (χ4v) is 4.17. The molecule has 0 aliphatic carbocycles. The third-order valence-electron chi connectivity index (χ3n) is 3.01. The van der Waals surface area contributed by atoms with E-state index < -0.39 is 0 Å². The van der Waals surface area contributed by atoms with E-state index in [0.717, 1.165) is 5.69 Å². The van der Waals surface area contributed by atoms with Crippen molar-refractivity contribution in [3.8, 4) is 15.9 Å². The van der Waals surface area contributed by atoms with Crippen molar-refractivity contribution < 1.29 is 4.57 Å². The molecule has 0 spiro atoms. The van der Waals surface area contributed by atoms with E-state index in [1.165, 1.54) is 15.8 Å². The number of hydrogen-bond donors (Lipinski definition) is 0. The van der Waals surface area contributed by atoms with Gasteiger partial charge in [-0.1, -0.05) is 0 Å². The SMILES string of the molecule is Cc1cc[se]c1-c1n(C)c[c-][n+]1-c1ccccc1. The molecule has 0 saturated carbocycles. The van der Waals surface area contributed by atoms with Gasteiger partial charge in [0.1, 0.15) is 0 Å². The van der Waals surface area contributed by atoms with Gasteiger partial charge in [-0.2, -0.15) is 0 Å². The van der Waals surface area contributed by atoms with Gasteiger partial charge in [-0.3, -0.25) is 0 Å². The number of benzene rings is 1. The first-order valence-corrected chi connectivity index (χ1v) is 7.71. The van der Waals surface area contributed by atoms with Gasteiger partial charge in [0.05, 0.1) is 0 Å². The average molecular weight is 301 g/mol. The zero-order valence-corrected chi connectivity index (χ0v) is 12.1. The van der Waals surface area contributed by atoms with Gasteiger partial charge in [-0.25, -0.2) is 0 Å². The summed E-state index contributed by atoms with van der Waals surface area (Å²) in [6, 6.07) is 12.6. The van der Waals surface area contributed by atoms with Gasteiger partial charge in [0.15, 0.2) is 0 Å². The summed E-state index contributed by atoms with van der Waals surface area (Å²) >= 11 is 0.431. The van der Waals surface area contributed by atoms with Crippen LogP contribution in [0.25, 0.3) is 15.9 Å². The minimum absolute atomic E-state index is 0.431. The van der Waals surface area contributed by atoms with Crippen LogP contribution >= 0.6 is 0 Å². The number of rotatable bonds is 2. The first-order chi connectivity index (χ1) is 8.77. The van der Waals surface area contributed by atoms with Crippen LogP contribution in [0.1, 0.15) is 5.56 Å². The molecule has 0 radical (unpaired) electrons. The van der Waals surface area contributed by atoms with Crippen molar-refractivity contribution in [1.82, 2.24) is 4.57 Å². The molecule has 90 valence electrons. The standard InChI is InChI=1S/C15H14N2Se/c1-12-8-11-18-14(12)15-16(2)9-10-17(15)13-6-4-3-5-7-13/h3-9,11H,1-2H3. The molecule has 1 aromatic carbocycles. The molecular weight excluding hydrogens is 287 g/mol. The van der Waals surface area contributed by atoms with Crippen molar-refractivity contribution in [2.75, 3.05) is 0 Å². The Kier molecular flexibility index (Phi) is 2.94. The maximum atomic E-state index is 3.32. The van der Waals surface area contributed by atoms with Crippen LogP contribution in [-0.2, 0) is 7.05 Å². The Bertz CT molecular complexity index is 665. The summed E-state index contributed by atoms with van der Waals surface area (Å²) in [6.07, 6.45) is 5.31. The van der Waals surface area contributed by atoms with Crippen molar-refractivity contribution >= 4 is 14.5 Å². The molecule has 0 unspecified atom stereocenters. The van der Waals surface area contributed by atoms with E-state index in [-0.39, 0.29) is 0 Å². The van der Waals surface area contributed by atoms with E-state index in [1.54, 1.807) is 0 Å². The van der Waals surface area contributed by atoms with E-state index in [4.69, 9.17) is 0 Å². The zero-order chi connectivity index (χ0) is 12.5. The van der Waals surface area contributed by atoms with E-state index in [0.29, 0.717) is 14.5 Å². The Hall–Kier alpha value is -1.57. The van der Waals surface area contributed by atoms with Crippen molar-refractivity contribution in [2.24, 2.45) is 7.05 Å². The topological polar surface area (TPSA) is 8.81 Å². The fraction of sp³-hybridized carbons (Fsp3) is 0.133. The Balaban J connectivity index is 2.22. The summed E-state index contributed by atoms with van der Waals surface area (Å²) in [5.74, 6) is 1.24. The molecule has 0 bridgehead atoms. The van der Waals surface area contributed by atoms with E-state index in [9.17, 15) is 0 Å². The third-order valence-corrected chi connectivity index (χ3v) is 5.13. The number of aryl methyl sites for hydroxylation is 2. The van der Waals surface area contributed by atoms with Gasteiger partial charge in [0.2, 0.25) is 0 Å². The first kappa shape index (κ1) is 11.5. The minimum atomic E-state index is 0.431. The van der Waals surface area contributed by atoms with Crippen LogP contribution in [0.4, 0.5) is 0 Å². The van der Waals surface area contributed by atoms with Crippen LogP contribution in [0, 0.1) is 13.1 Å². The molecule has 0 amide bonds. The second-order valence-corrected chi connectivity index (χ2v) is 6.22. The molecule has 18 heavy (non-hydrogen) atoms. The molecule has 0 fully saturated rings. The molecule has 3 aromatic rings. The van der Waals surface area contributed by atoms with Crippen molar-refractivity contribution in [3.63, 3.8) is 0 Å². The van der Waals surface area contributed by atoms with Crippen molar-refractivity contribution in [2.45, 2.75) is 6.92 Å². The Morgan fingerprint density at radius 3 is 2.61 bits per heavy atom. The molecule has 3 heteroatoms. The fourth-order valence-electron chi connectivity index (χ4n) is 2.06. The first-order valence-electron chi connectivity index (χ1n) is 5.86. The molecule has 3 rings (SSSR count). The number of hydrogen-bond acceptors (Lipinski definition) is 0. The van der Waals surface area contributed by atoms with Crippen LogP contribution in [0.3, 0.4) is 0 Å². The van der Waals surface area contributed by atoms with Gasteiger partial charge < -0.3 is 0 Å². The van der Waals surface area contributed by atoms with Gasteiger partial charge >= 0.3 is 113 Å². The molecule has 0 aliphatic heterocycles. The van der Waals surface area contributed by atoms with Crippen LogP contribution in [0.15, 0.2) is 47.5 Å². The van der Waals surface area contributed by atoms with Gasteiger partial charge in [0, 0.05) is 0 Å². The molecule has 2 aromatic heterocycles. The van der Waals surface area contributed by atoms with Crippen LogP contribution in [0.2, 0.25) is 0 Å². The molecule has 2 heterocycles. The van der Waals surface area contributed by atoms with Crippen LogP contribution in [-0.4, -0.2) is 19.1 Å². The normalized spacial score (nSPS) is 10.8. The predicted octanol–water partition coefficient (Wildman–Crippen LogP) is 2.13. The third kappa shape index (κ3) is 1.86. The quantitative estimate of drug-likeness (QED) is 0.389. The van der Waals surface area contributed by atoms with Gasteiger partial charge in [0.25, 0.3) is 0 Å². The summed E-state index contributed by atoms with van der Waals surface area (Å²) in [4.78, 5) is 2.28. The molecule has 0 N–H and O–H groups in total. The summed E-state index contributed by atoms with van der Waals surface area (Å²) in [5.41, 5.74) is 2.53. The summed E-state index contributed by atoms with van der Waals surface area (Å²) < 4.78 is 5.74. The van der Waals surface area contributed by atoms with E-state index in [2.05, 4.69) is 64.6 Å². The van der Waals surface area contributed by atoms with Gasteiger partial charge in [-0.15, -0.1) is 0 Å². The Labute approximate surface area is 113 Å². The van der Waals surface area contributed by atoms with E-state index in [1.807, 2.05) is 12.3 Å². The molecular formula is C15H14N2Se. The zero-order valence-electron chi connectivity index (χ0n) is 10.4. The van der Waals surface area contributed by atoms with Crippen LogP contribution < -0.4 is 4.57 Å². The average Bonchev–Trinajstić information content (AvgIpc) is 2.96. The number of imidazole rings is 1. The van der Waals surface area contributed by atoms with Crippen LogP contribution in [0.5, 0.6) is 0 Å². The molecule has 0 aliphatic rings. The monoisotopic (exact) mass is 302 g/mol. The van der Waals surface area contributed by atoms with Crippen molar-refractivity contribution in [3.05, 3.63) is 59.3 Å². The summed E-state index contributed by atoms with van der Waals surface area (Å²) in [6.45, 7) is 2.18.